The maximum absolute atomic E-state index is 12.6. The maximum Gasteiger partial charge on any atom is 0.400 e. The van der Waals surface area contributed by atoms with E-state index in [1.54, 1.807) is 11.8 Å². The molecule has 4 nitrogen and oxygen atoms in total. The van der Waals surface area contributed by atoms with Gasteiger partial charge in [-0.1, -0.05) is 134 Å². The van der Waals surface area contributed by atoms with Gasteiger partial charge in [-0.2, -0.15) is 13.2 Å². The molecule has 0 saturated carbocycles. The van der Waals surface area contributed by atoms with Gasteiger partial charge < -0.3 is 14.9 Å². The predicted molar refractivity (Wildman–Crippen MR) is 170 cm³/mol. The third kappa shape index (κ3) is 6.98. The number of aldehydes is 1. The smallest absolute Gasteiger partial charge is 0.400 e. The monoisotopic (exact) mass is 614 g/mol. The molecule has 1 aliphatic rings. The Morgan fingerprint density at radius 1 is 0.750 bits per heavy atom. The van der Waals surface area contributed by atoms with E-state index in [1.165, 1.54) is 17.4 Å². The molecule has 0 unspecified atom stereocenters. The number of carbonyl (C=O) groups is 1. The molecule has 0 radical (unpaired) electrons. The van der Waals surface area contributed by atoms with E-state index >= 15 is 0 Å². The van der Waals surface area contributed by atoms with Gasteiger partial charge in [0.2, 0.25) is 0 Å². The molecule has 0 atom stereocenters. The Kier molecular flexibility index (Phi) is 10.0. The van der Waals surface area contributed by atoms with Gasteiger partial charge in [0.1, 0.15) is 12.0 Å². The zero-order valence-electron chi connectivity index (χ0n) is 24.1. The number of halogens is 3. The first-order chi connectivity index (χ1) is 21.4. The second-order valence-electron chi connectivity index (χ2n) is 10.5. The minimum absolute atomic E-state index is 0.544. The van der Waals surface area contributed by atoms with E-state index in [0.29, 0.717) is 5.22 Å². The van der Waals surface area contributed by atoms with E-state index < -0.39 is 18.1 Å². The molecule has 0 saturated heterocycles. The molecule has 226 valence electrons. The summed E-state index contributed by atoms with van der Waals surface area (Å²) in [7, 11) is 0. The van der Waals surface area contributed by atoms with Gasteiger partial charge in [-0.3, -0.25) is 0 Å². The fraction of sp³-hybridized carbons (Fsp3) is 0.222. The Labute approximate surface area is 259 Å². The highest BCUT2D eigenvalue weighted by Crippen LogP contribution is 2.50. The highest BCUT2D eigenvalue weighted by molar-refractivity contribution is 7.99. The minimum atomic E-state index is -4.18. The number of unbranched alkanes of at least 4 members (excludes halogenated alkanes) is 2. The molecule has 1 heterocycles. The van der Waals surface area contributed by atoms with Crippen LogP contribution in [-0.4, -0.2) is 29.7 Å². The number of rotatable bonds is 10. The summed E-state index contributed by atoms with van der Waals surface area (Å²) in [5.74, 6) is 1.73. The van der Waals surface area contributed by atoms with Gasteiger partial charge in [-0.05, 0) is 35.1 Å². The van der Waals surface area contributed by atoms with Gasteiger partial charge in [-0.25, -0.2) is 4.98 Å². The molecule has 4 aromatic carbocycles. The van der Waals surface area contributed by atoms with Crippen LogP contribution in [0.25, 0.3) is 33.7 Å². The second kappa shape index (κ2) is 14.1. The van der Waals surface area contributed by atoms with Crippen LogP contribution in [0.15, 0.2) is 119 Å². The third-order valence-corrected chi connectivity index (χ3v) is 8.58. The van der Waals surface area contributed by atoms with Gasteiger partial charge in [-0.15, -0.1) is 0 Å². The van der Waals surface area contributed by atoms with Crippen molar-refractivity contribution in [2.75, 3.05) is 12.3 Å². The van der Waals surface area contributed by atoms with Crippen LogP contribution in [-0.2, 0) is 10.2 Å². The normalized spacial score (nSPS) is 13.0. The molecule has 0 spiro atoms. The van der Waals surface area contributed by atoms with Crippen LogP contribution >= 0.6 is 11.8 Å². The lowest BCUT2D eigenvalue weighted by Gasteiger charge is -2.25. The van der Waals surface area contributed by atoms with Crippen LogP contribution in [0.4, 0.5) is 13.2 Å². The topological polar surface area (TPSA) is 69.1 Å². The van der Waals surface area contributed by atoms with Gasteiger partial charge in [0.05, 0.1) is 12.0 Å². The molecular formula is C36H33F3N2O2S. The Hall–Kier alpha value is -4.14. The first kappa shape index (κ1) is 31.3. The zero-order valence-corrected chi connectivity index (χ0v) is 24.9. The third-order valence-electron chi connectivity index (χ3n) is 7.67. The number of aromatic nitrogens is 1. The van der Waals surface area contributed by atoms with Crippen LogP contribution < -0.4 is 5.73 Å². The molecule has 6 rings (SSSR count). The van der Waals surface area contributed by atoms with Crippen molar-refractivity contribution in [2.24, 2.45) is 5.73 Å². The number of hydrogen-bond acceptors (Lipinski definition) is 5. The quantitative estimate of drug-likeness (QED) is 0.0965. The lowest BCUT2D eigenvalue weighted by Crippen LogP contribution is -2.27. The number of benzene rings is 4. The predicted octanol–water partition coefficient (Wildman–Crippen LogP) is 9.33. The summed E-state index contributed by atoms with van der Waals surface area (Å²) >= 11 is 1.66. The number of carbonyl (C=O) groups excluding carboxylic acids is 1. The number of thioether (sulfide) groups is 1. The number of oxazole rings is 1. The van der Waals surface area contributed by atoms with E-state index in [-0.39, 0.29) is 0 Å². The molecule has 1 aromatic heterocycles. The highest BCUT2D eigenvalue weighted by Gasteiger charge is 2.42. The van der Waals surface area contributed by atoms with Crippen molar-refractivity contribution in [3.63, 3.8) is 0 Å². The van der Waals surface area contributed by atoms with Crippen LogP contribution in [0.2, 0.25) is 0 Å². The van der Waals surface area contributed by atoms with Crippen LogP contribution in [0, 0.1) is 0 Å². The second-order valence-corrected chi connectivity index (χ2v) is 11.6. The van der Waals surface area contributed by atoms with Crippen molar-refractivity contribution in [2.45, 2.75) is 42.5 Å². The van der Waals surface area contributed by atoms with Crippen molar-refractivity contribution >= 4 is 18.0 Å². The molecule has 0 bridgehead atoms. The van der Waals surface area contributed by atoms with E-state index in [0.717, 1.165) is 65.1 Å². The molecule has 2 N–H and O–H groups in total. The molecule has 5 aromatic rings. The molecule has 0 fully saturated rings. The summed E-state index contributed by atoms with van der Waals surface area (Å²) in [6.45, 7) is -1.23. The Balaban J connectivity index is 0.000000584. The summed E-state index contributed by atoms with van der Waals surface area (Å²) in [6, 6.07) is 37.1. The van der Waals surface area contributed by atoms with E-state index in [4.69, 9.17) is 9.40 Å². The molecule has 0 amide bonds. The molecule has 0 aliphatic heterocycles. The Morgan fingerprint density at radius 3 is 1.82 bits per heavy atom. The minimum Gasteiger partial charge on any atom is -0.431 e. The lowest BCUT2D eigenvalue weighted by molar-refractivity contribution is -0.118. The summed E-state index contributed by atoms with van der Waals surface area (Å²) in [5.41, 5.74) is 11.3. The van der Waals surface area contributed by atoms with Crippen LogP contribution in [0.1, 0.15) is 36.8 Å². The average molecular weight is 615 g/mol. The average Bonchev–Trinajstić information content (AvgIpc) is 3.61. The van der Waals surface area contributed by atoms with Crippen molar-refractivity contribution < 1.29 is 22.4 Å². The SMILES string of the molecule is NCC(F)(F)F.O=CC1(CCCCCSc2nc(-c3ccccc3)c(-c3ccccc3)o2)c2ccccc2-c2ccccc21. The van der Waals surface area contributed by atoms with Gasteiger partial charge >= 0.3 is 6.18 Å². The highest BCUT2D eigenvalue weighted by atomic mass is 32.2. The van der Waals surface area contributed by atoms with Crippen molar-refractivity contribution in [3.05, 3.63) is 120 Å². The van der Waals surface area contributed by atoms with Crippen LogP contribution in [0.5, 0.6) is 0 Å². The van der Waals surface area contributed by atoms with E-state index in [9.17, 15) is 18.0 Å². The summed E-state index contributed by atoms with van der Waals surface area (Å²) in [4.78, 5) is 17.5. The maximum atomic E-state index is 12.6. The summed E-state index contributed by atoms with van der Waals surface area (Å²) in [5, 5.41) is 0.700. The van der Waals surface area contributed by atoms with Crippen LogP contribution in [0.3, 0.4) is 0 Å². The molecule has 8 heteroatoms. The number of nitrogens with zero attached hydrogens (tertiary/aromatic N) is 1. The largest absolute Gasteiger partial charge is 0.431 e. The molecular weight excluding hydrogens is 581 g/mol. The first-order valence-electron chi connectivity index (χ1n) is 14.5. The van der Waals surface area contributed by atoms with E-state index in [1.807, 2.05) is 48.5 Å². The standard InChI is InChI=1S/C34H29NO2S.C2H4F3N/c36-24-34(29-20-10-8-18-27(29)28-19-9-11-21-30(28)34)22-12-3-13-23-38-33-35-31(25-14-4-1-5-15-25)32(37-33)26-16-6-2-7-17-26;3-2(4,5)1-6/h1-2,4-11,14-21,24H,3,12-13,22-23H2;1,6H2. The van der Waals surface area contributed by atoms with Crippen molar-refractivity contribution in [1.82, 2.24) is 4.98 Å². The van der Waals surface area contributed by atoms with Crippen molar-refractivity contribution in [1.29, 1.82) is 0 Å². The first-order valence-corrected chi connectivity index (χ1v) is 15.5. The zero-order chi connectivity index (χ0) is 31.0. The summed E-state index contributed by atoms with van der Waals surface area (Å²) in [6.07, 6.45) is 0.884. The molecule has 1 aliphatic carbocycles. The number of hydrogen-bond donors (Lipinski definition) is 1. The van der Waals surface area contributed by atoms with Gasteiger partial charge in [0.15, 0.2) is 5.76 Å². The Bertz CT molecular complexity index is 1570. The Morgan fingerprint density at radius 2 is 1.27 bits per heavy atom. The lowest BCUT2D eigenvalue weighted by atomic mass is 9.75. The number of nitrogens with two attached hydrogens (primary N) is 1. The van der Waals surface area contributed by atoms with Gasteiger partial charge in [0.25, 0.3) is 5.22 Å². The summed E-state index contributed by atoms with van der Waals surface area (Å²) < 4.78 is 38.2. The van der Waals surface area contributed by atoms with E-state index in [2.05, 4.69) is 66.4 Å². The fourth-order valence-electron chi connectivity index (χ4n) is 5.60. The number of fused-ring (bicyclic) bond motifs is 3. The fourth-order valence-corrected chi connectivity index (χ4v) is 6.42. The van der Waals surface area contributed by atoms with Gasteiger partial charge in [0, 0.05) is 16.9 Å². The molecule has 44 heavy (non-hydrogen) atoms. The number of alkyl halides is 3. The van der Waals surface area contributed by atoms with Crippen molar-refractivity contribution in [3.8, 4) is 33.7 Å².